The second-order valence-electron chi connectivity index (χ2n) is 3.46. The molecule has 0 spiro atoms. The van der Waals surface area contributed by atoms with E-state index < -0.39 is 17.9 Å². The number of carbonyl (C=O) groups excluding carboxylic acids is 1. The molecule has 0 aliphatic carbocycles. The van der Waals surface area contributed by atoms with Crippen molar-refractivity contribution in [2.75, 3.05) is 24.4 Å². The van der Waals surface area contributed by atoms with Gasteiger partial charge < -0.3 is 15.7 Å². The highest BCUT2D eigenvalue weighted by molar-refractivity contribution is 7.98. The number of carbonyl (C=O) groups is 2. The topological polar surface area (TPSA) is 102 Å². The number of rotatable bonds is 9. The van der Waals surface area contributed by atoms with Crippen LogP contribution in [0.5, 0.6) is 0 Å². The van der Waals surface area contributed by atoms with Gasteiger partial charge in [-0.15, -0.1) is 11.6 Å². The molecule has 0 radical (unpaired) electrons. The minimum atomic E-state index is -1.12. The van der Waals surface area contributed by atoms with Crippen LogP contribution in [-0.2, 0) is 9.59 Å². The first kappa shape index (κ1) is 17.6. The lowest BCUT2D eigenvalue weighted by Crippen LogP contribution is -2.41. The Morgan fingerprint density at radius 3 is 2.74 bits per heavy atom. The van der Waals surface area contributed by atoms with Crippen molar-refractivity contribution in [2.45, 2.75) is 12.5 Å². The first-order valence-electron chi connectivity index (χ1n) is 5.49. The van der Waals surface area contributed by atoms with Crippen molar-refractivity contribution in [3.63, 3.8) is 0 Å². The number of hydrogen-bond donors (Lipinski definition) is 3. The predicted octanol–water partition coefficient (Wildman–Crippen LogP) is 0.545. The van der Waals surface area contributed by atoms with Gasteiger partial charge in [-0.25, -0.2) is 4.79 Å². The summed E-state index contributed by atoms with van der Waals surface area (Å²) in [4.78, 5) is 22.7. The number of carboxylic acids is 1. The van der Waals surface area contributed by atoms with E-state index in [4.69, 9.17) is 22.0 Å². The lowest BCUT2D eigenvalue weighted by Gasteiger charge is -2.13. The van der Waals surface area contributed by atoms with E-state index in [1.54, 1.807) is 6.07 Å². The van der Waals surface area contributed by atoms with Crippen molar-refractivity contribution >= 4 is 35.2 Å². The maximum absolute atomic E-state index is 11.7. The Labute approximate surface area is 121 Å². The standard InChI is InChI=1S/C11H16ClN3O3S/c1-19-5-2-9(11(17)18)15-10(16)8(6-13)7-14-4-3-12/h7,9,14H,2-5H2,1H3,(H,15,16)(H,17,18)/b8-7-. The molecule has 0 saturated heterocycles. The maximum atomic E-state index is 11.7. The van der Waals surface area contributed by atoms with Crippen molar-refractivity contribution in [3.8, 4) is 6.07 Å². The van der Waals surface area contributed by atoms with E-state index in [0.29, 0.717) is 24.6 Å². The summed E-state index contributed by atoms with van der Waals surface area (Å²) < 4.78 is 0. The van der Waals surface area contributed by atoms with Gasteiger partial charge in [0.15, 0.2) is 0 Å². The summed E-state index contributed by atoms with van der Waals surface area (Å²) in [5.74, 6) is -0.887. The normalized spacial score (nSPS) is 12.4. The average Bonchev–Trinajstić information content (AvgIpc) is 2.39. The highest BCUT2D eigenvalue weighted by atomic mass is 35.5. The number of aliphatic carboxylic acids is 1. The Balaban J connectivity index is 4.56. The third-order valence-corrected chi connectivity index (χ3v) is 2.90. The molecule has 0 saturated carbocycles. The summed E-state index contributed by atoms with van der Waals surface area (Å²) in [6.07, 6.45) is 3.37. The molecule has 0 aromatic rings. The summed E-state index contributed by atoms with van der Waals surface area (Å²) in [6, 6.07) is 0.711. The van der Waals surface area contributed by atoms with Gasteiger partial charge in [0.05, 0.1) is 0 Å². The first-order chi connectivity index (χ1) is 9.06. The molecule has 19 heavy (non-hydrogen) atoms. The first-order valence-corrected chi connectivity index (χ1v) is 7.41. The summed E-state index contributed by atoms with van der Waals surface area (Å²) in [5.41, 5.74) is -0.180. The van der Waals surface area contributed by atoms with Gasteiger partial charge in [0.2, 0.25) is 0 Å². The number of nitrogens with zero attached hydrogens (tertiary/aromatic N) is 1. The highest BCUT2D eigenvalue weighted by Crippen LogP contribution is 2.02. The largest absolute Gasteiger partial charge is 0.480 e. The molecule has 3 N–H and O–H groups in total. The monoisotopic (exact) mass is 305 g/mol. The van der Waals surface area contributed by atoms with E-state index in [9.17, 15) is 9.59 Å². The van der Waals surface area contributed by atoms with Crippen LogP contribution in [0.2, 0.25) is 0 Å². The second-order valence-corrected chi connectivity index (χ2v) is 4.82. The lowest BCUT2D eigenvalue weighted by atomic mass is 10.2. The number of nitriles is 1. The fourth-order valence-electron chi connectivity index (χ4n) is 1.11. The molecule has 106 valence electrons. The smallest absolute Gasteiger partial charge is 0.326 e. The van der Waals surface area contributed by atoms with E-state index in [1.807, 2.05) is 6.26 Å². The number of amides is 1. The van der Waals surface area contributed by atoms with E-state index >= 15 is 0 Å². The summed E-state index contributed by atoms with van der Waals surface area (Å²) in [7, 11) is 0. The van der Waals surface area contributed by atoms with E-state index in [1.165, 1.54) is 18.0 Å². The Morgan fingerprint density at radius 2 is 2.26 bits per heavy atom. The molecular formula is C11H16ClN3O3S. The van der Waals surface area contributed by atoms with Crippen LogP contribution in [0.25, 0.3) is 0 Å². The summed E-state index contributed by atoms with van der Waals surface area (Å²) in [5, 5.41) is 22.8. The number of thioether (sulfide) groups is 1. The number of hydrogen-bond acceptors (Lipinski definition) is 5. The van der Waals surface area contributed by atoms with Gasteiger partial charge in [-0.2, -0.15) is 17.0 Å². The van der Waals surface area contributed by atoms with Crippen molar-refractivity contribution in [3.05, 3.63) is 11.8 Å². The van der Waals surface area contributed by atoms with Gasteiger partial charge in [-0.05, 0) is 18.4 Å². The van der Waals surface area contributed by atoms with Crippen LogP contribution in [0.4, 0.5) is 0 Å². The third kappa shape index (κ3) is 7.59. The molecule has 0 bridgehead atoms. The highest BCUT2D eigenvalue weighted by Gasteiger charge is 2.21. The van der Waals surface area contributed by atoms with Crippen molar-refractivity contribution < 1.29 is 14.7 Å². The Kier molecular flexibility index (Phi) is 9.75. The molecule has 0 rings (SSSR count). The molecule has 1 amide bonds. The quantitative estimate of drug-likeness (QED) is 0.249. The van der Waals surface area contributed by atoms with Crippen LogP contribution >= 0.6 is 23.4 Å². The van der Waals surface area contributed by atoms with Crippen LogP contribution in [0.3, 0.4) is 0 Å². The van der Waals surface area contributed by atoms with E-state index in [2.05, 4.69) is 10.6 Å². The Bertz CT molecular complexity index is 382. The molecule has 0 aromatic heterocycles. The van der Waals surface area contributed by atoms with Gasteiger partial charge in [0.25, 0.3) is 5.91 Å². The fraction of sp³-hybridized carbons (Fsp3) is 0.545. The van der Waals surface area contributed by atoms with Crippen LogP contribution in [-0.4, -0.2) is 47.5 Å². The van der Waals surface area contributed by atoms with Crippen LogP contribution < -0.4 is 10.6 Å². The molecule has 1 unspecified atom stereocenters. The Morgan fingerprint density at radius 1 is 1.58 bits per heavy atom. The number of carboxylic acid groups (broad SMARTS) is 1. The number of halogens is 1. The van der Waals surface area contributed by atoms with Crippen LogP contribution in [0.15, 0.2) is 11.8 Å². The zero-order chi connectivity index (χ0) is 14.7. The third-order valence-electron chi connectivity index (χ3n) is 2.06. The van der Waals surface area contributed by atoms with Crippen molar-refractivity contribution in [1.29, 1.82) is 5.26 Å². The fourth-order valence-corrected chi connectivity index (χ4v) is 1.69. The van der Waals surface area contributed by atoms with Crippen LogP contribution in [0.1, 0.15) is 6.42 Å². The van der Waals surface area contributed by atoms with E-state index in [-0.39, 0.29) is 5.57 Å². The molecule has 6 nitrogen and oxygen atoms in total. The van der Waals surface area contributed by atoms with Gasteiger partial charge in [-0.1, -0.05) is 0 Å². The number of nitrogens with one attached hydrogen (secondary N) is 2. The average molecular weight is 306 g/mol. The second kappa shape index (κ2) is 10.5. The zero-order valence-corrected chi connectivity index (χ0v) is 12.1. The minimum Gasteiger partial charge on any atom is -0.480 e. The molecule has 0 aliphatic rings. The van der Waals surface area contributed by atoms with Gasteiger partial charge in [0.1, 0.15) is 17.7 Å². The molecule has 1 atom stereocenters. The summed E-state index contributed by atoms with van der Waals surface area (Å²) in [6.45, 7) is 0.412. The van der Waals surface area contributed by atoms with E-state index in [0.717, 1.165) is 0 Å². The van der Waals surface area contributed by atoms with Crippen molar-refractivity contribution in [1.82, 2.24) is 10.6 Å². The maximum Gasteiger partial charge on any atom is 0.326 e. The van der Waals surface area contributed by atoms with Gasteiger partial charge in [0, 0.05) is 18.6 Å². The molecule has 8 heteroatoms. The lowest BCUT2D eigenvalue weighted by molar-refractivity contribution is -0.141. The van der Waals surface area contributed by atoms with Gasteiger partial charge >= 0.3 is 5.97 Å². The minimum absolute atomic E-state index is 0.180. The Hall–Kier alpha value is -1.39. The summed E-state index contributed by atoms with van der Waals surface area (Å²) >= 11 is 6.92. The molecular weight excluding hydrogens is 290 g/mol. The molecule has 0 heterocycles. The predicted molar refractivity (Wildman–Crippen MR) is 75.0 cm³/mol. The number of alkyl halides is 1. The van der Waals surface area contributed by atoms with Crippen molar-refractivity contribution in [2.24, 2.45) is 0 Å². The van der Waals surface area contributed by atoms with Gasteiger partial charge in [-0.3, -0.25) is 4.79 Å². The molecule has 0 aliphatic heterocycles. The SMILES string of the molecule is CSCCC(NC(=O)/C(C#N)=C\NCCCl)C(=O)O. The zero-order valence-electron chi connectivity index (χ0n) is 10.5. The molecule has 0 aromatic carbocycles. The molecule has 0 fully saturated rings. The van der Waals surface area contributed by atoms with Crippen LogP contribution in [0, 0.1) is 11.3 Å².